The molecule has 1 rings (SSSR count). The van der Waals surface area contributed by atoms with E-state index in [0.29, 0.717) is 6.42 Å². The zero-order valence-electron chi connectivity index (χ0n) is 11.6. The van der Waals surface area contributed by atoms with Crippen LogP contribution in [0.3, 0.4) is 0 Å². The molecule has 0 aromatic rings. The van der Waals surface area contributed by atoms with Gasteiger partial charge in [0.1, 0.15) is 0 Å². The molecular weight excluding hydrogens is 228 g/mol. The van der Waals surface area contributed by atoms with Gasteiger partial charge in [0.25, 0.3) is 0 Å². The SMILES string of the molecule is CC1=C(/C=C/C(C)=C/CO)C(C)(C)[C@@H](O)C[C@H]1O. The third-order valence-electron chi connectivity index (χ3n) is 3.82. The Morgan fingerprint density at radius 3 is 2.56 bits per heavy atom. The normalized spacial score (nSPS) is 29.2. The van der Waals surface area contributed by atoms with Crippen molar-refractivity contribution in [1.82, 2.24) is 0 Å². The fraction of sp³-hybridized carbons (Fsp3) is 0.600. The Bertz CT molecular complexity index is 389. The summed E-state index contributed by atoms with van der Waals surface area (Å²) in [7, 11) is 0. The van der Waals surface area contributed by atoms with Crippen LogP contribution in [0.15, 0.2) is 34.9 Å². The van der Waals surface area contributed by atoms with E-state index in [2.05, 4.69) is 0 Å². The molecule has 3 nitrogen and oxygen atoms in total. The van der Waals surface area contributed by atoms with Gasteiger partial charge in [0.15, 0.2) is 0 Å². The quantitative estimate of drug-likeness (QED) is 0.673. The standard InChI is InChI=1S/C15H24O3/c1-10(7-8-16)5-6-12-11(2)13(17)9-14(18)15(12,3)4/h5-7,13-14,16-18H,8-9H2,1-4H3/b6-5+,10-7+/t13-,14+/m1/s1. The third kappa shape index (κ3) is 3.10. The lowest BCUT2D eigenvalue weighted by Crippen LogP contribution is -2.40. The van der Waals surface area contributed by atoms with Gasteiger partial charge < -0.3 is 15.3 Å². The van der Waals surface area contributed by atoms with Crippen LogP contribution >= 0.6 is 0 Å². The number of aliphatic hydroxyl groups is 3. The fourth-order valence-corrected chi connectivity index (χ4v) is 2.32. The van der Waals surface area contributed by atoms with Crippen LogP contribution in [0.5, 0.6) is 0 Å². The van der Waals surface area contributed by atoms with Crippen molar-refractivity contribution in [3.63, 3.8) is 0 Å². The topological polar surface area (TPSA) is 60.7 Å². The highest BCUT2D eigenvalue weighted by Gasteiger charge is 2.38. The number of allylic oxidation sites excluding steroid dienone is 3. The zero-order valence-corrected chi connectivity index (χ0v) is 11.6. The van der Waals surface area contributed by atoms with E-state index in [9.17, 15) is 10.2 Å². The van der Waals surface area contributed by atoms with E-state index in [1.807, 2.05) is 39.8 Å². The van der Waals surface area contributed by atoms with Gasteiger partial charge in [0, 0.05) is 11.8 Å². The Hall–Kier alpha value is -0.900. The van der Waals surface area contributed by atoms with E-state index in [1.165, 1.54) is 0 Å². The minimum atomic E-state index is -0.574. The molecule has 0 radical (unpaired) electrons. The largest absolute Gasteiger partial charge is 0.392 e. The summed E-state index contributed by atoms with van der Waals surface area (Å²) in [5, 5.41) is 28.8. The zero-order chi connectivity index (χ0) is 13.9. The molecule has 0 unspecified atom stereocenters. The first-order valence-electron chi connectivity index (χ1n) is 6.33. The predicted molar refractivity (Wildman–Crippen MR) is 73.1 cm³/mol. The van der Waals surface area contributed by atoms with Crippen LogP contribution in [0.25, 0.3) is 0 Å². The van der Waals surface area contributed by atoms with Crippen LogP contribution in [-0.2, 0) is 0 Å². The number of hydrogen-bond acceptors (Lipinski definition) is 3. The maximum Gasteiger partial charge on any atom is 0.0778 e. The van der Waals surface area contributed by atoms with E-state index >= 15 is 0 Å². The van der Waals surface area contributed by atoms with E-state index in [1.54, 1.807) is 6.08 Å². The Morgan fingerprint density at radius 1 is 1.39 bits per heavy atom. The second-order valence-corrected chi connectivity index (χ2v) is 5.55. The smallest absolute Gasteiger partial charge is 0.0778 e. The minimum Gasteiger partial charge on any atom is -0.392 e. The molecule has 18 heavy (non-hydrogen) atoms. The highest BCUT2D eigenvalue weighted by atomic mass is 16.3. The first kappa shape index (κ1) is 15.2. The molecule has 0 bridgehead atoms. The van der Waals surface area contributed by atoms with Crippen molar-refractivity contribution in [2.45, 2.75) is 46.3 Å². The minimum absolute atomic E-state index is 0.0167. The second kappa shape index (κ2) is 5.83. The van der Waals surface area contributed by atoms with Crippen molar-refractivity contribution >= 4 is 0 Å². The van der Waals surface area contributed by atoms with Crippen LogP contribution in [0.2, 0.25) is 0 Å². The maximum absolute atomic E-state index is 10.1. The summed E-state index contributed by atoms with van der Waals surface area (Å²) >= 11 is 0. The molecule has 3 heteroatoms. The van der Waals surface area contributed by atoms with Gasteiger partial charge >= 0.3 is 0 Å². The Kier molecular flexibility index (Phi) is 4.91. The van der Waals surface area contributed by atoms with E-state index in [4.69, 9.17) is 5.11 Å². The Labute approximate surface area is 109 Å². The van der Waals surface area contributed by atoms with Gasteiger partial charge in [-0.3, -0.25) is 0 Å². The molecule has 0 fully saturated rings. The van der Waals surface area contributed by atoms with Crippen molar-refractivity contribution in [2.75, 3.05) is 6.61 Å². The second-order valence-electron chi connectivity index (χ2n) is 5.55. The molecule has 102 valence electrons. The summed E-state index contributed by atoms with van der Waals surface area (Å²) in [5.41, 5.74) is 2.49. The van der Waals surface area contributed by atoms with Gasteiger partial charge in [-0.05, 0) is 25.0 Å². The van der Waals surface area contributed by atoms with Gasteiger partial charge in [-0.15, -0.1) is 0 Å². The molecule has 2 atom stereocenters. The Balaban J connectivity index is 3.09. The monoisotopic (exact) mass is 252 g/mol. The van der Waals surface area contributed by atoms with Crippen LogP contribution in [-0.4, -0.2) is 34.1 Å². The first-order chi connectivity index (χ1) is 8.30. The van der Waals surface area contributed by atoms with E-state index in [-0.39, 0.29) is 12.0 Å². The average Bonchev–Trinajstić information content (AvgIpc) is 2.27. The molecule has 0 aliphatic heterocycles. The number of hydrogen-bond donors (Lipinski definition) is 3. The summed E-state index contributed by atoms with van der Waals surface area (Å²) in [4.78, 5) is 0. The summed E-state index contributed by atoms with van der Waals surface area (Å²) in [6.45, 7) is 7.80. The summed E-state index contributed by atoms with van der Waals surface area (Å²) in [5.74, 6) is 0. The molecule has 0 saturated heterocycles. The molecule has 0 aromatic carbocycles. The highest BCUT2D eigenvalue weighted by Crippen LogP contribution is 2.41. The van der Waals surface area contributed by atoms with Crippen LogP contribution in [0, 0.1) is 5.41 Å². The van der Waals surface area contributed by atoms with Gasteiger partial charge in [-0.25, -0.2) is 0 Å². The van der Waals surface area contributed by atoms with E-state index < -0.39 is 12.2 Å². The molecule has 0 aromatic heterocycles. The lowest BCUT2D eigenvalue weighted by atomic mass is 9.69. The molecule has 1 aliphatic rings. The fourth-order valence-electron chi connectivity index (χ4n) is 2.32. The Morgan fingerprint density at radius 2 is 2.00 bits per heavy atom. The average molecular weight is 252 g/mol. The van der Waals surface area contributed by atoms with Gasteiger partial charge in [0.2, 0.25) is 0 Å². The molecular formula is C15H24O3. The molecule has 0 heterocycles. The lowest BCUT2D eigenvalue weighted by molar-refractivity contribution is 0.0181. The van der Waals surface area contributed by atoms with Gasteiger partial charge in [-0.1, -0.05) is 37.6 Å². The molecule has 0 spiro atoms. The van der Waals surface area contributed by atoms with Crippen LogP contribution in [0.4, 0.5) is 0 Å². The van der Waals surface area contributed by atoms with Gasteiger partial charge in [0.05, 0.1) is 18.8 Å². The first-order valence-corrected chi connectivity index (χ1v) is 6.33. The number of aliphatic hydroxyl groups excluding tert-OH is 3. The van der Waals surface area contributed by atoms with Crippen molar-refractivity contribution in [2.24, 2.45) is 5.41 Å². The van der Waals surface area contributed by atoms with Crippen molar-refractivity contribution < 1.29 is 15.3 Å². The summed E-state index contributed by atoms with van der Waals surface area (Å²) in [6, 6.07) is 0. The van der Waals surface area contributed by atoms with Crippen molar-refractivity contribution in [3.8, 4) is 0 Å². The lowest BCUT2D eigenvalue weighted by Gasteiger charge is -2.39. The molecule has 0 saturated carbocycles. The summed E-state index contributed by atoms with van der Waals surface area (Å²) in [6.07, 6.45) is 4.83. The highest BCUT2D eigenvalue weighted by molar-refractivity contribution is 5.38. The van der Waals surface area contributed by atoms with Gasteiger partial charge in [-0.2, -0.15) is 0 Å². The molecule has 3 N–H and O–H groups in total. The summed E-state index contributed by atoms with van der Waals surface area (Å²) < 4.78 is 0. The predicted octanol–water partition coefficient (Wildman–Crippen LogP) is 1.95. The molecule has 0 amide bonds. The third-order valence-corrected chi connectivity index (χ3v) is 3.82. The molecule has 1 aliphatic carbocycles. The van der Waals surface area contributed by atoms with Crippen LogP contribution < -0.4 is 0 Å². The van der Waals surface area contributed by atoms with Crippen molar-refractivity contribution in [1.29, 1.82) is 0 Å². The maximum atomic E-state index is 10.1. The van der Waals surface area contributed by atoms with Crippen molar-refractivity contribution in [3.05, 3.63) is 34.9 Å². The van der Waals surface area contributed by atoms with Crippen LogP contribution in [0.1, 0.15) is 34.1 Å². The van der Waals surface area contributed by atoms with E-state index in [0.717, 1.165) is 16.7 Å². The number of rotatable bonds is 3.